The van der Waals surface area contributed by atoms with Crippen LogP contribution in [0.2, 0.25) is 0 Å². The Balaban J connectivity index is 2.64. The van der Waals surface area contributed by atoms with Crippen LogP contribution in [0.3, 0.4) is 0 Å². The molecule has 1 rings (SSSR count). The molecule has 0 saturated heterocycles. The number of benzene rings is 1. The monoisotopic (exact) mass is 257 g/mol. The molecule has 0 aliphatic heterocycles. The van der Waals surface area contributed by atoms with Gasteiger partial charge in [0, 0.05) is 5.56 Å². The Labute approximate surface area is 89.1 Å². The van der Waals surface area contributed by atoms with Gasteiger partial charge in [-0.1, -0.05) is 34.1 Å². The summed E-state index contributed by atoms with van der Waals surface area (Å²) >= 11 is 2.81. The van der Waals surface area contributed by atoms with E-state index in [0.717, 1.165) is 0 Å². The molecule has 1 aromatic carbocycles. The fourth-order valence-corrected chi connectivity index (χ4v) is 1.06. The van der Waals surface area contributed by atoms with Crippen molar-refractivity contribution >= 4 is 27.8 Å². The molecule has 0 fully saturated rings. The van der Waals surface area contributed by atoms with Crippen LogP contribution < -0.4 is 5.32 Å². The maximum atomic E-state index is 11.4. The van der Waals surface area contributed by atoms with E-state index in [9.17, 15) is 9.59 Å². The van der Waals surface area contributed by atoms with E-state index in [4.69, 9.17) is 5.11 Å². The summed E-state index contributed by atoms with van der Waals surface area (Å²) in [5, 5.41) is 10.8. The average Bonchev–Trinajstić information content (AvgIpc) is 2.19. The molecule has 0 aromatic heterocycles. The highest BCUT2D eigenvalue weighted by molar-refractivity contribution is 9.10. The first-order chi connectivity index (χ1) is 6.61. The number of aliphatic carboxylic acids is 1. The average molecular weight is 258 g/mol. The number of alkyl halides is 1. The molecule has 1 unspecified atom stereocenters. The van der Waals surface area contributed by atoms with E-state index >= 15 is 0 Å². The van der Waals surface area contributed by atoms with Gasteiger partial charge in [0.1, 0.15) is 0 Å². The van der Waals surface area contributed by atoms with Gasteiger partial charge in [-0.25, -0.2) is 4.79 Å². The van der Waals surface area contributed by atoms with Crippen molar-refractivity contribution in [1.82, 2.24) is 5.32 Å². The van der Waals surface area contributed by atoms with Gasteiger partial charge in [-0.05, 0) is 12.1 Å². The lowest BCUT2D eigenvalue weighted by Gasteiger charge is -2.07. The van der Waals surface area contributed by atoms with Gasteiger partial charge >= 0.3 is 5.97 Å². The Morgan fingerprint density at radius 1 is 1.29 bits per heavy atom. The minimum Gasteiger partial charge on any atom is -0.479 e. The van der Waals surface area contributed by atoms with E-state index in [1.807, 2.05) is 0 Å². The van der Waals surface area contributed by atoms with Crippen molar-refractivity contribution < 1.29 is 14.7 Å². The summed E-state index contributed by atoms with van der Waals surface area (Å²) in [6, 6.07) is 8.41. The van der Waals surface area contributed by atoms with Crippen LogP contribution in [0.1, 0.15) is 10.4 Å². The number of nitrogens with one attached hydrogen (secondary N) is 1. The summed E-state index contributed by atoms with van der Waals surface area (Å²) in [7, 11) is 0. The fourth-order valence-electron chi connectivity index (χ4n) is 0.850. The van der Waals surface area contributed by atoms with Crippen LogP contribution in [-0.4, -0.2) is 21.9 Å². The van der Waals surface area contributed by atoms with Crippen molar-refractivity contribution in [2.45, 2.75) is 4.95 Å². The summed E-state index contributed by atoms with van der Waals surface area (Å²) in [5.41, 5.74) is 0.429. The second-order valence-corrected chi connectivity index (χ2v) is 3.46. The summed E-state index contributed by atoms with van der Waals surface area (Å²) in [5.74, 6) is -1.55. The fraction of sp³-hybridized carbons (Fsp3) is 0.111. The zero-order valence-electron chi connectivity index (χ0n) is 7.11. The van der Waals surface area contributed by atoms with Crippen LogP contribution in [0.15, 0.2) is 30.3 Å². The number of halogens is 1. The molecule has 5 heteroatoms. The van der Waals surface area contributed by atoms with Gasteiger partial charge in [0.25, 0.3) is 5.91 Å². The van der Waals surface area contributed by atoms with Gasteiger partial charge in [-0.3, -0.25) is 4.79 Å². The van der Waals surface area contributed by atoms with Crippen LogP contribution in [0.5, 0.6) is 0 Å². The number of amides is 1. The molecular weight excluding hydrogens is 250 g/mol. The second kappa shape index (κ2) is 4.76. The van der Waals surface area contributed by atoms with E-state index in [1.54, 1.807) is 30.3 Å². The minimum absolute atomic E-state index is 0.421. The molecule has 0 spiro atoms. The Kier molecular flexibility index (Phi) is 3.64. The predicted octanol–water partition coefficient (Wildman–Crippen LogP) is 1.22. The molecule has 0 bridgehead atoms. The SMILES string of the molecule is O=C(NC(Br)C(=O)O)c1ccccc1. The van der Waals surface area contributed by atoms with E-state index < -0.39 is 16.8 Å². The molecule has 0 saturated carbocycles. The normalized spacial score (nSPS) is 11.8. The van der Waals surface area contributed by atoms with Crippen molar-refractivity contribution in [3.63, 3.8) is 0 Å². The smallest absolute Gasteiger partial charge is 0.337 e. The van der Waals surface area contributed by atoms with Gasteiger partial charge in [0.15, 0.2) is 4.95 Å². The van der Waals surface area contributed by atoms with Gasteiger partial charge in [-0.2, -0.15) is 0 Å². The quantitative estimate of drug-likeness (QED) is 0.632. The standard InChI is InChI=1S/C9H8BrNO3/c10-7(9(13)14)11-8(12)6-4-2-1-3-5-6/h1-5,7H,(H,11,12)(H,13,14). The Bertz CT molecular complexity index is 339. The molecule has 1 atom stereocenters. The lowest BCUT2D eigenvalue weighted by atomic mass is 10.2. The topological polar surface area (TPSA) is 66.4 Å². The highest BCUT2D eigenvalue weighted by Crippen LogP contribution is 2.01. The van der Waals surface area contributed by atoms with E-state index in [1.165, 1.54) is 0 Å². The Hall–Kier alpha value is -1.36. The largest absolute Gasteiger partial charge is 0.479 e. The third-order valence-corrected chi connectivity index (χ3v) is 2.13. The first kappa shape index (κ1) is 10.7. The third kappa shape index (κ3) is 2.85. The van der Waals surface area contributed by atoms with E-state index in [0.29, 0.717) is 5.56 Å². The lowest BCUT2D eigenvalue weighted by Crippen LogP contribution is -2.36. The van der Waals surface area contributed by atoms with Gasteiger partial charge in [0.05, 0.1) is 0 Å². The maximum Gasteiger partial charge on any atom is 0.337 e. The number of hydrogen-bond donors (Lipinski definition) is 2. The van der Waals surface area contributed by atoms with Crippen LogP contribution in [0, 0.1) is 0 Å². The third-order valence-electron chi connectivity index (χ3n) is 1.51. The number of carboxylic acid groups (broad SMARTS) is 1. The highest BCUT2D eigenvalue weighted by Gasteiger charge is 2.16. The molecule has 0 radical (unpaired) electrons. The number of carbonyl (C=O) groups excluding carboxylic acids is 1. The number of carboxylic acids is 1. The number of carbonyl (C=O) groups is 2. The molecular formula is C9H8BrNO3. The van der Waals surface area contributed by atoms with Gasteiger partial charge in [0.2, 0.25) is 0 Å². The maximum absolute atomic E-state index is 11.4. The zero-order valence-corrected chi connectivity index (χ0v) is 8.69. The van der Waals surface area contributed by atoms with Crippen molar-refractivity contribution in [2.75, 3.05) is 0 Å². The van der Waals surface area contributed by atoms with Crippen LogP contribution in [0.4, 0.5) is 0 Å². The van der Waals surface area contributed by atoms with Crippen LogP contribution >= 0.6 is 15.9 Å². The Morgan fingerprint density at radius 3 is 2.36 bits per heavy atom. The number of rotatable bonds is 3. The van der Waals surface area contributed by atoms with Crippen molar-refractivity contribution in [1.29, 1.82) is 0 Å². The minimum atomic E-state index is -1.13. The van der Waals surface area contributed by atoms with Crippen LogP contribution in [0.25, 0.3) is 0 Å². The molecule has 1 aromatic rings. The lowest BCUT2D eigenvalue weighted by molar-refractivity contribution is -0.136. The second-order valence-electron chi connectivity index (χ2n) is 2.54. The van der Waals surface area contributed by atoms with E-state index in [2.05, 4.69) is 21.2 Å². The highest BCUT2D eigenvalue weighted by atomic mass is 79.9. The van der Waals surface area contributed by atoms with Crippen molar-refractivity contribution in [3.8, 4) is 0 Å². The van der Waals surface area contributed by atoms with Crippen molar-refractivity contribution in [3.05, 3.63) is 35.9 Å². The van der Waals surface area contributed by atoms with Crippen molar-refractivity contribution in [2.24, 2.45) is 0 Å². The van der Waals surface area contributed by atoms with E-state index in [-0.39, 0.29) is 0 Å². The number of hydrogen-bond acceptors (Lipinski definition) is 2. The molecule has 14 heavy (non-hydrogen) atoms. The molecule has 2 N–H and O–H groups in total. The van der Waals surface area contributed by atoms with Gasteiger partial charge < -0.3 is 10.4 Å². The summed E-state index contributed by atoms with van der Waals surface area (Å²) in [6.07, 6.45) is 0. The predicted molar refractivity (Wildman–Crippen MR) is 54.3 cm³/mol. The molecule has 0 aliphatic carbocycles. The first-order valence-corrected chi connectivity index (χ1v) is 4.75. The zero-order chi connectivity index (χ0) is 10.6. The van der Waals surface area contributed by atoms with Crippen LogP contribution in [-0.2, 0) is 4.79 Å². The molecule has 0 heterocycles. The molecule has 0 aliphatic rings. The first-order valence-electron chi connectivity index (χ1n) is 3.84. The molecule has 4 nitrogen and oxygen atoms in total. The summed E-state index contributed by atoms with van der Waals surface area (Å²) in [6.45, 7) is 0. The molecule has 74 valence electrons. The Morgan fingerprint density at radius 2 is 1.86 bits per heavy atom. The summed E-state index contributed by atoms with van der Waals surface area (Å²) < 4.78 is 0. The van der Waals surface area contributed by atoms with Gasteiger partial charge in [-0.15, -0.1) is 0 Å². The summed E-state index contributed by atoms with van der Waals surface area (Å²) in [4.78, 5) is 20.7. The molecule has 1 amide bonds.